The van der Waals surface area contributed by atoms with Gasteiger partial charge in [-0.3, -0.25) is 4.72 Å². The van der Waals surface area contributed by atoms with Crippen molar-refractivity contribution >= 4 is 21.4 Å². The lowest BCUT2D eigenvalue weighted by Gasteiger charge is -2.28. The molecule has 0 saturated carbocycles. The van der Waals surface area contributed by atoms with E-state index in [1.807, 2.05) is 24.3 Å². The van der Waals surface area contributed by atoms with Crippen LogP contribution in [0.15, 0.2) is 77.7 Å². The van der Waals surface area contributed by atoms with Gasteiger partial charge in [0.25, 0.3) is 10.0 Å². The average Bonchev–Trinajstić information content (AvgIpc) is 2.78. The molecule has 0 spiro atoms. The van der Waals surface area contributed by atoms with Crippen molar-refractivity contribution in [1.82, 2.24) is 5.32 Å². The van der Waals surface area contributed by atoms with Gasteiger partial charge in [-0.15, -0.1) is 0 Å². The van der Waals surface area contributed by atoms with Gasteiger partial charge in [-0.25, -0.2) is 8.42 Å². The molecule has 1 heterocycles. The molecule has 31 heavy (non-hydrogen) atoms. The van der Waals surface area contributed by atoms with Gasteiger partial charge in [-0.2, -0.15) is 0 Å². The molecule has 162 valence electrons. The highest BCUT2D eigenvalue weighted by atomic mass is 32.2. The van der Waals surface area contributed by atoms with Crippen LogP contribution >= 0.6 is 0 Å². The maximum atomic E-state index is 12.7. The minimum Gasteiger partial charge on any atom is -0.489 e. The molecule has 4 rings (SSSR count). The predicted molar refractivity (Wildman–Crippen MR) is 122 cm³/mol. The third-order valence-corrected chi connectivity index (χ3v) is 6.93. The fourth-order valence-electron chi connectivity index (χ4n) is 3.68. The van der Waals surface area contributed by atoms with Crippen LogP contribution < -0.4 is 20.5 Å². The average molecular weight is 439 g/mol. The van der Waals surface area contributed by atoms with Crippen LogP contribution in [0.2, 0.25) is 0 Å². The Morgan fingerprint density at radius 3 is 2.55 bits per heavy atom. The number of sulfonamides is 1. The zero-order valence-corrected chi connectivity index (χ0v) is 18.4. The maximum Gasteiger partial charge on any atom is 0.261 e. The van der Waals surface area contributed by atoms with Crippen LogP contribution in [0.1, 0.15) is 30.5 Å². The van der Waals surface area contributed by atoms with Crippen molar-refractivity contribution in [3.05, 3.63) is 83.9 Å². The van der Waals surface area contributed by atoms with Crippen LogP contribution in [0, 0.1) is 0 Å². The normalized spacial score (nSPS) is 16.8. The number of aryl methyl sites for hydroxylation is 1. The molecule has 1 aliphatic rings. The number of benzene rings is 3. The maximum absolute atomic E-state index is 12.7. The summed E-state index contributed by atoms with van der Waals surface area (Å²) in [5.41, 5.74) is 7.38. The van der Waals surface area contributed by atoms with E-state index in [0.29, 0.717) is 5.69 Å². The number of hydrogen-bond acceptors (Lipinski definition) is 4. The van der Waals surface area contributed by atoms with E-state index in [4.69, 9.17) is 4.74 Å². The zero-order valence-electron chi connectivity index (χ0n) is 17.5. The number of hydrogen-bond donors (Lipinski definition) is 3. The van der Waals surface area contributed by atoms with E-state index < -0.39 is 10.0 Å². The predicted octanol–water partition coefficient (Wildman–Crippen LogP) is 3.41. The van der Waals surface area contributed by atoms with E-state index >= 15 is 0 Å². The van der Waals surface area contributed by atoms with Gasteiger partial charge in [-0.1, -0.05) is 36.4 Å². The van der Waals surface area contributed by atoms with E-state index in [2.05, 4.69) is 34.8 Å². The lowest BCUT2D eigenvalue weighted by molar-refractivity contribution is -0.254. The van der Waals surface area contributed by atoms with Gasteiger partial charge in [-0.05, 0) is 49.1 Å². The summed E-state index contributed by atoms with van der Waals surface area (Å²) in [5.74, 6) is 0.735. The minimum absolute atomic E-state index is 0.0371. The van der Waals surface area contributed by atoms with E-state index in [9.17, 15) is 8.42 Å². The second-order valence-corrected chi connectivity index (χ2v) is 9.57. The Labute approximate surface area is 183 Å². The van der Waals surface area contributed by atoms with Gasteiger partial charge in [0.05, 0.1) is 10.6 Å². The fraction of sp³-hybridized carbons (Fsp3) is 0.250. The van der Waals surface area contributed by atoms with E-state index in [1.54, 1.807) is 36.4 Å². The molecule has 0 aliphatic carbocycles. The molecule has 3 aromatic carbocycles. The quantitative estimate of drug-likeness (QED) is 0.527. The molecule has 0 bridgehead atoms. The molecule has 1 aliphatic heterocycles. The Bertz CT molecular complexity index is 1130. The molecule has 0 radical (unpaired) electrons. The summed E-state index contributed by atoms with van der Waals surface area (Å²) in [4.78, 5) is 0.204. The first-order chi connectivity index (χ1) is 14.9. The summed E-state index contributed by atoms with van der Waals surface area (Å²) in [5, 5.41) is 3.54. The van der Waals surface area contributed by atoms with Crippen LogP contribution in [0.25, 0.3) is 0 Å². The Hall–Kier alpha value is -2.87. The first-order valence-electron chi connectivity index (χ1n) is 10.4. The standard InChI is InChI=1S/C24H27N3O3S/c1-17(18-5-3-2-4-6-18)26-16-22-12-8-19-7-11-21(15-24(19)30-22)27-31(28,29)23-13-9-20(25)10-14-23/h2-7,9-11,13-15,17,22,26-27H,8,12,16,25H2,1H3/p+1/t17-,22?/m0/s1. The minimum atomic E-state index is -3.67. The summed E-state index contributed by atoms with van der Waals surface area (Å²) in [6.07, 6.45) is 1.86. The summed E-state index contributed by atoms with van der Waals surface area (Å²) in [7, 11) is -3.67. The summed E-state index contributed by atoms with van der Waals surface area (Å²) >= 11 is 0. The largest absolute Gasteiger partial charge is 0.489 e. The molecular weight excluding hydrogens is 410 g/mol. The number of fused-ring (bicyclic) bond motifs is 1. The van der Waals surface area contributed by atoms with Crippen molar-refractivity contribution in [2.24, 2.45) is 0 Å². The van der Waals surface area contributed by atoms with Gasteiger partial charge in [0.1, 0.15) is 17.5 Å². The molecular formula is C24H28N3O3S+. The fourth-order valence-corrected chi connectivity index (χ4v) is 4.73. The molecule has 0 fully saturated rings. The molecule has 5 N–H and O–H groups in total. The highest BCUT2D eigenvalue weighted by molar-refractivity contribution is 7.92. The van der Waals surface area contributed by atoms with Crippen molar-refractivity contribution in [1.29, 1.82) is 0 Å². The number of quaternary nitrogens is 1. The summed E-state index contributed by atoms with van der Waals surface area (Å²) in [6.45, 7) is 2.86. The third-order valence-electron chi connectivity index (χ3n) is 5.53. The van der Waals surface area contributed by atoms with E-state index in [-0.39, 0.29) is 17.0 Å². The smallest absolute Gasteiger partial charge is 0.261 e. The second kappa shape index (κ2) is 9.09. The monoisotopic (exact) mass is 438 g/mol. The van der Waals surface area contributed by atoms with Gasteiger partial charge in [0.2, 0.25) is 0 Å². The highest BCUT2D eigenvalue weighted by Crippen LogP contribution is 2.31. The first kappa shape index (κ1) is 21.4. The van der Waals surface area contributed by atoms with E-state index in [1.165, 1.54) is 5.56 Å². The summed E-state index contributed by atoms with van der Waals surface area (Å²) in [6, 6.07) is 22.5. The molecule has 6 nitrogen and oxygen atoms in total. The van der Waals surface area contributed by atoms with Gasteiger partial charge >= 0.3 is 0 Å². The molecule has 0 aromatic heterocycles. The van der Waals surface area contributed by atoms with E-state index in [0.717, 1.165) is 36.4 Å². The Morgan fingerprint density at radius 2 is 1.81 bits per heavy atom. The van der Waals surface area contributed by atoms with Gasteiger partial charge < -0.3 is 15.8 Å². The number of ether oxygens (including phenoxy) is 1. The van der Waals surface area contributed by atoms with Crippen molar-refractivity contribution in [3.8, 4) is 5.75 Å². The highest BCUT2D eigenvalue weighted by Gasteiger charge is 2.22. The second-order valence-electron chi connectivity index (χ2n) is 7.89. The van der Waals surface area contributed by atoms with Crippen LogP contribution in [0.4, 0.5) is 11.4 Å². The van der Waals surface area contributed by atoms with Crippen LogP contribution in [0.5, 0.6) is 5.75 Å². The molecule has 0 amide bonds. The SMILES string of the molecule is C[C@H](NCC1CCc2ccc(NS(=O)(=O)c3ccc([NH3+])cc3)cc2O1)c1ccccc1. The summed E-state index contributed by atoms with van der Waals surface area (Å²) < 4.78 is 34.2. The van der Waals surface area contributed by atoms with Crippen LogP contribution in [-0.4, -0.2) is 21.1 Å². The number of rotatable bonds is 7. The van der Waals surface area contributed by atoms with Crippen molar-refractivity contribution in [2.45, 2.75) is 36.8 Å². The molecule has 3 aromatic rings. The van der Waals surface area contributed by atoms with Crippen molar-refractivity contribution in [3.63, 3.8) is 0 Å². The molecule has 7 heteroatoms. The zero-order chi connectivity index (χ0) is 21.8. The number of anilines is 1. The van der Waals surface area contributed by atoms with Gasteiger partial charge in [0, 0.05) is 30.8 Å². The number of nitrogens with one attached hydrogen (secondary N) is 2. The van der Waals surface area contributed by atoms with Crippen molar-refractivity contribution < 1.29 is 18.9 Å². The van der Waals surface area contributed by atoms with Crippen molar-refractivity contribution in [2.75, 3.05) is 11.3 Å². The Balaban J connectivity index is 1.41. The van der Waals surface area contributed by atoms with Crippen LogP contribution in [-0.2, 0) is 16.4 Å². The van der Waals surface area contributed by atoms with Gasteiger partial charge in [0.15, 0.2) is 0 Å². The Kier molecular flexibility index (Phi) is 6.27. The van der Waals surface area contributed by atoms with Crippen LogP contribution in [0.3, 0.4) is 0 Å². The lowest BCUT2D eigenvalue weighted by Crippen LogP contribution is -2.39. The first-order valence-corrected chi connectivity index (χ1v) is 11.9. The molecule has 0 saturated heterocycles. The molecule has 1 unspecified atom stereocenters. The molecule has 2 atom stereocenters. The Morgan fingerprint density at radius 1 is 1.06 bits per heavy atom. The lowest BCUT2D eigenvalue weighted by atomic mass is 10.0. The third kappa shape index (κ3) is 5.25. The topological polar surface area (TPSA) is 95.1 Å².